The molecule has 30 heavy (non-hydrogen) atoms. The zero-order chi connectivity index (χ0) is 21.9. The SMILES string of the molecule is CCCCNC(=O)c1ccccc1NC(=O)c1cccc(NC(=O)C(CC)CC)c1. The smallest absolute Gasteiger partial charge is 0.255 e. The highest BCUT2D eigenvalue weighted by atomic mass is 16.2. The number of benzene rings is 2. The number of amides is 3. The minimum atomic E-state index is -0.345. The first-order valence-corrected chi connectivity index (χ1v) is 10.6. The van der Waals surface area contributed by atoms with Crippen LogP contribution in [0.5, 0.6) is 0 Å². The molecule has 2 rings (SSSR count). The van der Waals surface area contributed by atoms with Crippen LogP contribution < -0.4 is 16.0 Å². The summed E-state index contributed by atoms with van der Waals surface area (Å²) in [6.45, 7) is 6.61. The van der Waals surface area contributed by atoms with Gasteiger partial charge in [0.15, 0.2) is 0 Å². The molecule has 0 aliphatic carbocycles. The Bertz CT molecular complexity index is 876. The van der Waals surface area contributed by atoms with Crippen LogP contribution in [0.2, 0.25) is 0 Å². The van der Waals surface area contributed by atoms with Gasteiger partial charge >= 0.3 is 0 Å². The van der Waals surface area contributed by atoms with E-state index >= 15 is 0 Å². The number of carbonyl (C=O) groups is 3. The highest BCUT2D eigenvalue weighted by Crippen LogP contribution is 2.19. The summed E-state index contributed by atoms with van der Waals surface area (Å²) >= 11 is 0. The quantitative estimate of drug-likeness (QED) is 0.491. The molecule has 2 aromatic rings. The molecule has 0 saturated heterocycles. The second-order valence-corrected chi connectivity index (χ2v) is 7.19. The van der Waals surface area contributed by atoms with Gasteiger partial charge in [0.05, 0.1) is 11.3 Å². The summed E-state index contributed by atoms with van der Waals surface area (Å²) < 4.78 is 0. The first kappa shape index (κ1) is 23.1. The molecule has 0 heterocycles. The number of rotatable bonds is 10. The highest BCUT2D eigenvalue weighted by molar-refractivity contribution is 6.09. The topological polar surface area (TPSA) is 87.3 Å². The number of para-hydroxylation sites is 1. The second-order valence-electron chi connectivity index (χ2n) is 7.19. The summed E-state index contributed by atoms with van der Waals surface area (Å²) in [6, 6.07) is 13.7. The fourth-order valence-corrected chi connectivity index (χ4v) is 3.10. The summed E-state index contributed by atoms with van der Waals surface area (Å²) in [5.74, 6) is -0.666. The van der Waals surface area contributed by atoms with Crippen LogP contribution in [0.3, 0.4) is 0 Å². The van der Waals surface area contributed by atoms with Crippen molar-refractivity contribution in [3.63, 3.8) is 0 Å². The van der Waals surface area contributed by atoms with E-state index in [2.05, 4.69) is 22.9 Å². The zero-order valence-corrected chi connectivity index (χ0v) is 18.0. The predicted octanol–water partition coefficient (Wildman–Crippen LogP) is 4.84. The summed E-state index contributed by atoms with van der Waals surface area (Å²) in [4.78, 5) is 37.5. The van der Waals surface area contributed by atoms with Gasteiger partial charge in [0, 0.05) is 23.7 Å². The fourth-order valence-electron chi connectivity index (χ4n) is 3.10. The van der Waals surface area contributed by atoms with E-state index in [0.29, 0.717) is 29.0 Å². The lowest BCUT2D eigenvalue weighted by atomic mass is 10.0. The Kier molecular flexibility index (Phi) is 9.06. The third-order valence-electron chi connectivity index (χ3n) is 4.98. The molecule has 0 unspecified atom stereocenters. The van der Waals surface area contributed by atoms with E-state index in [1.807, 2.05) is 13.8 Å². The van der Waals surface area contributed by atoms with E-state index in [0.717, 1.165) is 25.7 Å². The third kappa shape index (κ3) is 6.44. The number of carbonyl (C=O) groups excluding carboxylic acids is 3. The average molecular weight is 410 g/mol. The molecule has 3 N–H and O–H groups in total. The van der Waals surface area contributed by atoms with E-state index in [9.17, 15) is 14.4 Å². The summed E-state index contributed by atoms with van der Waals surface area (Å²) in [5, 5.41) is 8.56. The molecular weight excluding hydrogens is 378 g/mol. The van der Waals surface area contributed by atoms with Gasteiger partial charge < -0.3 is 16.0 Å². The molecule has 0 aliphatic rings. The maximum Gasteiger partial charge on any atom is 0.255 e. The van der Waals surface area contributed by atoms with Crippen LogP contribution in [-0.2, 0) is 4.79 Å². The highest BCUT2D eigenvalue weighted by Gasteiger charge is 2.16. The Hall–Kier alpha value is -3.15. The van der Waals surface area contributed by atoms with Gasteiger partial charge in [0.25, 0.3) is 11.8 Å². The molecule has 6 nitrogen and oxygen atoms in total. The molecule has 0 aliphatic heterocycles. The van der Waals surface area contributed by atoms with E-state index in [1.165, 1.54) is 0 Å². The molecule has 0 atom stereocenters. The maximum absolute atomic E-state index is 12.8. The summed E-state index contributed by atoms with van der Waals surface area (Å²) in [7, 11) is 0. The molecule has 0 bridgehead atoms. The Morgan fingerprint density at radius 1 is 0.867 bits per heavy atom. The lowest BCUT2D eigenvalue weighted by Crippen LogP contribution is -2.26. The van der Waals surface area contributed by atoms with Crippen molar-refractivity contribution in [1.82, 2.24) is 5.32 Å². The standard InChI is InChI=1S/C24H31N3O3/c1-4-7-15-25-24(30)20-13-8-9-14-21(20)27-23(29)18-11-10-12-19(16-18)26-22(28)17(5-2)6-3/h8-14,16-17H,4-7,15H2,1-3H3,(H,25,30)(H,26,28)(H,27,29). The van der Waals surface area contributed by atoms with E-state index in [-0.39, 0.29) is 23.6 Å². The maximum atomic E-state index is 12.8. The first-order valence-electron chi connectivity index (χ1n) is 10.6. The van der Waals surface area contributed by atoms with Gasteiger partial charge in [-0.15, -0.1) is 0 Å². The van der Waals surface area contributed by atoms with Gasteiger partial charge in [-0.2, -0.15) is 0 Å². The van der Waals surface area contributed by atoms with Crippen LogP contribution >= 0.6 is 0 Å². The van der Waals surface area contributed by atoms with Gasteiger partial charge in [-0.3, -0.25) is 14.4 Å². The lowest BCUT2D eigenvalue weighted by Gasteiger charge is -2.14. The van der Waals surface area contributed by atoms with E-state index in [4.69, 9.17) is 0 Å². The van der Waals surface area contributed by atoms with Crippen LogP contribution in [-0.4, -0.2) is 24.3 Å². The van der Waals surface area contributed by atoms with Gasteiger partial charge in [-0.1, -0.05) is 45.4 Å². The zero-order valence-electron chi connectivity index (χ0n) is 18.0. The second kappa shape index (κ2) is 11.8. The van der Waals surface area contributed by atoms with Crippen molar-refractivity contribution in [2.45, 2.75) is 46.5 Å². The Balaban J connectivity index is 2.12. The van der Waals surface area contributed by atoms with Crippen molar-refractivity contribution in [3.05, 3.63) is 59.7 Å². The minimum Gasteiger partial charge on any atom is -0.352 e. The molecule has 0 saturated carbocycles. The number of nitrogens with one attached hydrogen (secondary N) is 3. The molecule has 0 radical (unpaired) electrons. The van der Waals surface area contributed by atoms with Crippen molar-refractivity contribution in [3.8, 4) is 0 Å². The van der Waals surface area contributed by atoms with Gasteiger partial charge in [-0.05, 0) is 49.6 Å². The van der Waals surface area contributed by atoms with Crippen LogP contribution in [0.1, 0.15) is 67.2 Å². The average Bonchev–Trinajstić information content (AvgIpc) is 2.75. The van der Waals surface area contributed by atoms with Crippen LogP contribution in [0, 0.1) is 5.92 Å². The fraction of sp³-hybridized carbons (Fsp3) is 0.375. The molecule has 0 fully saturated rings. The van der Waals surface area contributed by atoms with E-state index < -0.39 is 0 Å². The lowest BCUT2D eigenvalue weighted by molar-refractivity contribution is -0.120. The number of anilines is 2. The van der Waals surface area contributed by atoms with Crippen LogP contribution in [0.4, 0.5) is 11.4 Å². The largest absolute Gasteiger partial charge is 0.352 e. The van der Waals surface area contributed by atoms with E-state index in [1.54, 1.807) is 48.5 Å². The molecule has 6 heteroatoms. The monoisotopic (exact) mass is 409 g/mol. The van der Waals surface area contributed by atoms with Crippen LogP contribution in [0.25, 0.3) is 0 Å². The third-order valence-corrected chi connectivity index (χ3v) is 4.98. The number of unbranched alkanes of at least 4 members (excludes halogenated alkanes) is 1. The number of hydrogen-bond acceptors (Lipinski definition) is 3. The first-order chi connectivity index (χ1) is 14.5. The Morgan fingerprint density at radius 2 is 1.60 bits per heavy atom. The molecule has 160 valence electrons. The number of hydrogen-bond donors (Lipinski definition) is 3. The van der Waals surface area contributed by atoms with Crippen molar-refractivity contribution in [1.29, 1.82) is 0 Å². The summed E-state index contributed by atoms with van der Waals surface area (Å²) in [6.07, 6.45) is 3.41. The van der Waals surface area contributed by atoms with Crippen molar-refractivity contribution < 1.29 is 14.4 Å². The molecule has 2 aromatic carbocycles. The Labute approximate surface area is 178 Å². The van der Waals surface area contributed by atoms with Crippen molar-refractivity contribution in [2.24, 2.45) is 5.92 Å². The molecular formula is C24H31N3O3. The summed E-state index contributed by atoms with van der Waals surface area (Å²) in [5.41, 5.74) is 1.84. The molecule has 0 aromatic heterocycles. The van der Waals surface area contributed by atoms with Gasteiger partial charge in [-0.25, -0.2) is 0 Å². The predicted molar refractivity (Wildman–Crippen MR) is 121 cm³/mol. The Morgan fingerprint density at radius 3 is 2.30 bits per heavy atom. The minimum absolute atomic E-state index is 0.0494. The van der Waals surface area contributed by atoms with Crippen LogP contribution in [0.15, 0.2) is 48.5 Å². The van der Waals surface area contributed by atoms with Crippen molar-refractivity contribution >= 4 is 29.1 Å². The molecule has 0 spiro atoms. The van der Waals surface area contributed by atoms with Crippen molar-refractivity contribution in [2.75, 3.05) is 17.2 Å². The van der Waals surface area contributed by atoms with Gasteiger partial charge in [0.1, 0.15) is 0 Å². The molecule has 3 amide bonds. The normalized spacial score (nSPS) is 10.5. The van der Waals surface area contributed by atoms with Gasteiger partial charge in [0.2, 0.25) is 5.91 Å².